The van der Waals surface area contributed by atoms with Gasteiger partial charge in [0, 0.05) is 36.0 Å². The molecule has 20 heavy (non-hydrogen) atoms. The lowest BCUT2D eigenvalue weighted by atomic mass is 10.2. The van der Waals surface area contributed by atoms with Crippen LogP contribution in [-0.2, 0) is 6.54 Å². The van der Waals surface area contributed by atoms with E-state index in [-0.39, 0.29) is 16.9 Å². The molecule has 4 nitrogen and oxygen atoms in total. The summed E-state index contributed by atoms with van der Waals surface area (Å²) in [4.78, 5) is 28.5. The number of hydrogen-bond acceptors (Lipinski definition) is 2. The van der Waals surface area contributed by atoms with Gasteiger partial charge in [-0.1, -0.05) is 34.1 Å². The molecule has 2 aromatic rings. The van der Waals surface area contributed by atoms with Gasteiger partial charge in [0.25, 0.3) is 5.91 Å². The van der Waals surface area contributed by atoms with E-state index in [4.69, 9.17) is 0 Å². The number of rotatable bonds is 3. The molecule has 104 valence electrons. The standard InChI is InChI=1S/C15H15BrN2O2/c1-10-7-14(19)12(8-17-10)15(20)18(2)9-11-5-3-4-6-13(11)16/h3-8H,9H2,1-2H3,(H,17,19). The first-order valence-electron chi connectivity index (χ1n) is 6.17. The van der Waals surface area contributed by atoms with Gasteiger partial charge < -0.3 is 9.88 Å². The Morgan fingerprint density at radius 3 is 2.70 bits per heavy atom. The third-order valence-electron chi connectivity index (χ3n) is 3.00. The van der Waals surface area contributed by atoms with Crippen LogP contribution in [0, 0.1) is 6.92 Å². The van der Waals surface area contributed by atoms with Crippen LogP contribution in [0.1, 0.15) is 21.6 Å². The van der Waals surface area contributed by atoms with Gasteiger partial charge in [-0.15, -0.1) is 0 Å². The summed E-state index contributed by atoms with van der Waals surface area (Å²) in [6.07, 6.45) is 1.47. The van der Waals surface area contributed by atoms with Gasteiger partial charge in [-0.05, 0) is 18.6 Å². The summed E-state index contributed by atoms with van der Waals surface area (Å²) in [7, 11) is 1.68. The topological polar surface area (TPSA) is 53.2 Å². The van der Waals surface area contributed by atoms with Crippen LogP contribution in [0.3, 0.4) is 0 Å². The van der Waals surface area contributed by atoms with Gasteiger partial charge in [-0.2, -0.15) is 0 Å². The van der Waals surface area contributed by atoms with Gasteiger partial charge in [-0.25, -0.2) is 0 Å². The lowest BCUT2D eigenvalue weighted by Crippen LogP contribution is -2.30. The maximum absolute atomic E-state index is 12.3. The van der Waals surface area contributed by atoms with E-state index in [1.165, 1.54) is 17.2 Å². The van der Waals surface area contributed by atoms with Crippen molar-refractivity contribution in [3.63, 3.8) is 0 Å². The number of aromatic amines is 1. The Balaban J connectivity index is 2.21. The van der Waals surface area contributed by atoms with Gasteiger partial charge in [0.2, 0.25) is 0 Å². The zero-order valence-electron chi connectivity index (χ0n) is 11.3. The van der Waals surface area contributed by atoms with Crippen molar-refractivity contribution < 1.29 is 4.79 Å². The van der Waals surface area contributed by atoms with Gasteiger partial charge >= 0.3 is 0 Å². The molecular weight excluding hydrogens is 320 g/mol. The molecule has 1 heterocycles. The molecule has 1 aromatic carbocycles. The van der Waals surface area contributed by atoms with Gasteiger partial charge in [0.05, 0.1) is 0 Å². The number of nitrogens with one attached hydrogen (secondary N) is 1. The zero-order chi connectivity index (χ0) is 14.7. The van der Waals surface area contributed by atoms with Gasteiger partial charge in [0.1, 0.15) is 5.56 Å². The van der Waals surface area contributed by atoms with E-state index >= 15 is 0 Å². The number of amides is 1. The molecule has 1 amide bonds. The fraction of sp³-hybridized carbons (Fsp3) is 0.200. The average molecular weight is 335 g/mol. The monoisotopic (exact) mass is 334 g/mol. The second-order valence-corrected chi connectivity index (χ2v) is 5.50. The summed E-state index contributed by atoms with van der Waals surface area (Å²) in [5, 5.41) is 0. The van der Waals surface area contributed by atoms with Crippen molar-refractivity contribution in [2.75, 3.05) is 7.05 Å². The summed E-state index contributed by atoms with van der Waals surface area (Å²) in [6, 6.07) is 9.12. The summed E-state index contributed by atoms with van der Waals surface area (Å²) in [5.74, 6) is -0.290. The van der Waals surface area contributed by atoms with Crippen molar-refractivity contribution in [1.82, 2.24) is 9.88 Å². The highest BCUT2D eigenvalue weighted by atomic mass is 79.9. The number of hydrogen-bond donors (Lipinski definition) is 1. The van der Waals surface area contributed by atoms with E-state index in [0.717, 1.165) is 15.7 Å². The number of aromatic nitrogens is 1. The van der Waals surface area contributed by atoms with Gasteiger partial charge in [-0.3, -0.25) is 9.59 Å². The lowest BCUT2D eigenvalue weighted by molar-refractivity contribution is 0.0783. The highest BCUT2D eigenvalue weighted by Crippen LogP contribution is 2.17. The smallest absolute Gasteiger partial charge is 0.259 e. The van der Waals surface area contributed by atoms with Crippen molar-refractivity contribution in [2.45, 2.75) is 13.5 Å². The van der Waals surface area contributed by atoms with E-state index in [1.54, 1.807) is 14.0 Å². The third-order valence-corrected chi connectivity index (χ3v) is 3.77. The molecule has 0 atom stereocenters. The molecule has 0 radical (unpaired) electrons. The van der Waals surface area contributed by atoms with E-state index in [1.807, 2.05) is 24.3 Å². The molecular formula is C15H15BrN2O2. The van der Waals surface area contributed by atoms with Crippen molar-refractivity contribution in [2.24, 2.45) is 0 Å². The number of benzene rings is 1. The van der Waals surface area contributed by atoms with Crippen molar-refractivity contribution >= 4 is 21.8 Å². The molecule has 0 aliphatic rings. The number of aryl methyl sites for hydroxylation is 1. The number of carbonyl (C=O) groups excluding carboxylic acids is 1. The molecule has 1 aromatic heterocycles. The maximum atomic E-state index is 12.3. The number of halogens is 1. The first-order chi connectivity index (χ1) is 9.49. The predicted molar refractivity (Wildman–Crippen MR) is 81.7 cm³/mol. The molecule has 0 unspecified atom stereocenters. The molecule has 0 saturated carbocycles. The minimum atomic E-state index is -0.290. The highest BCUT2D eigenvalue weighted by molar-refractivity contribution is 9.10. The van der Waals surface area contributed by atoms with Crippen molar-refractivity contribution in [3.8, 4) is 0 Å². The fourth-order valence-corrected chi connectivity index (χ4v) is 2.31. The third kappa shape index (κ3) is 3.17. The SMILES string of the molecule is Cc1cc(=O)c(C(=O)N(C)Cc2ccccc2Br)c[nH]1. The predicted octanol–water partition coefficient (Wildman–Crippen LogP) is 2.72. The second kappa shape index (κ2) is 6.05. The first kappa shape index (κ1) is 14.5. The number of carbonyl (C=O) groups is 1. The maximum Gasteiger partial charge on any atom is 0.259 e. The van der Waals surface area contributed by atoms with Crippen LogP contribution in [0.25, 0.3) is 0 Å². The molecule has 0 fully saturated rings. The van der Waals surface area contributed by atoms with E-state index in [0.29, 0.717) is 6.54 Å². The van der Waals surface area contributed by atoms with E-state index < -0.39 is 0 Å². The van der Waals surface area contributed by atoms with Crippen molar-refractivity contribution in [3.05, 3.63) is 68.0 Å². The van der Waals surface area contributed by atoms with Crippen LogP contribution in [0.2, 0.25) is 0 Å². The quantitative estimate of drug-likeness (QED) is 0.938. The Labute approximate surface area is 125 Å². The minimum absolute atomic E-state index is 0.158. The fourth-order valence-electron chi connectivity index (χ4n) is 1.90. The van der Waals surface area contributed by atoms with Crippen LogP contribution in [0.4, 0.5) is 0 Å². The first-order valence-corrected chi connectivity index (χ1v) is 6.96. The Bertz CT molecular complexity index is 694. The normalized spacial score (nSPS) is 10.3. The zero-order valence-corrected chi connectivity index (χ0v) is 12.9. The van der Waals surface area contributed by atoms with E-state index in [2.05, 4.69) is 20.9 Å². The van der Waals surface area contributed by atoms with Gasteiger partial charge in [0.15, 0.2) is 5.43 Å². The van der Waals surface area contributed by atoms with Crippen LogP contribution < -0.4 is 5.43 Å². The highest BCUT2D eigenvalue weighted by Gasteiger charge is 2.16. The molecule has 0 bridgehead atoms. The largest absolute Gasteiger partial charge is 0.364 e. The average Bonchev–Trinajstić information content (AvgIpc) is 2.40. The molecule has 0 aliphatic heterocycles. The Morgan fingerprint density at radius 2 is 2.05 bits per heavy atom. The Morgan fingerprint density at radius 1 is 1.35 bits per heavy atom. The number of H-pyrrole nitrogens is 1. The summed E-state index contributed by atoms with van der Waals surface area (Å²) in [6.45, 7) is 2.22. The van der Waals surface area contributed by atoms with Crippen LogP contribution in [-0.4, -0.2) is 22.8 Å². The second-order valence-electron chi connectivity index (χ2n) is 4.65. The molecule has 0 spiro atoms. The minimum Gasteiger partial charge on any atom is -0.364 e. The number of nitrogens with zero attached hydrogens (tertiary/aromatic N) is 1. The van der Waals surface area contributed by atoms with Crippen LogP contribution >= 0.6 is 15.9 Å². The summed E-state index contributed by atoms with van der Waals surface area (Å²) >= 11 is 3.45. The molecule has 5 heteroatoms. The Hall–Kier alpha value is -1.88. The molecule has 0 saturated heterocycles. The van der Waals surface area contributed by atoms with E-state index in [9.17, 15) is 9.59 Å². The van der Waals surface area contributed by atoms with Crippen LogP contribution in [0.5, 0.6) is 0 Å². The lowest BCUT2D eigenvalue weighted by Gasteiger charge is -2.17. The molecule has 1 N–H and O–H groups in total. The summed E-state index contributed by atoms with van der Waals surface area (Å²) in [5.41, 5.74) is 1.63. The summed E-state index contributed by atoms with van der Waals surface area (Å²) < 4.78 is 0.942. The molecule has 2 rings (SSSR count). The molecule has 0 aliphatic carbocycles. The van der Waals surface area contributed by atoms with Crippen molar-refractivity contribution in [1.29, 1.82) is 0 Å². The van der Waals surface area contributed by atoms with Crippen LogP contribution in [0.15, 0.2) is 45.8 Å². The number of pyridine rings is 1. The Kier molecular flexibility index (Phi) is 4.39.